The van der Waals surface area contributed by atoms with Crippen LogP contribution in [-0.4, -0.2) is 25.6 Å². The van der Waals surface area contributed by atoms with Crippen molar-refractivity contribution < 1.29 is 0 Å². The first kappa shape index (κ1) is 17.3. The molecule has 0 unspecified atom stereocenters. The van der Waals surface area contributed by atoms with Crippen molar-refractivity contribution >= 4 is 11.5 Å². The standard InChI is InChI=1S/C19H28N4/c1-19(2,3)13-22-17-10-9-16(23-18(17)21-5)15-8-6-7-14(11-15)12-20-4/h6-11,20,22H,12-13H2,1-5H3,(H,21,23). The van der Waals surface area contributed by atoms with E-state index >= 15 is 0 Å². The molecule has 124 valence electrons. The van der Waals surface area contributed by atoms with E-state index in [9.17, 15) is 0 Å². The third kappa shape index (κ3) is 4.96. The van der Waals surface area contributed by atoms with Gasteiger partial charge in [-0.05, 0) is 36.2 Å². The fraction of sp³-hybridized carbons (Fsp3) is 0.421. The normalized spacial score (nSPS) is 11.3. The topological polar surface area (TPSA) is 49.0 Å². The number of nitrogens with one attached hydrogen (secondary N) is 3. The summed E-state index contributed by atoms with van der Waals surface area (Å²) in [5.74, 6) is 0.880. The molecular weight excluding hydrogens is 284 g/mol. The molecule has 0 aliphatic heterocycles. The zero-order valence-corrected chi connectivity index (χ0v) is 14.8. The molecule has 1 heterocycles. The fourth-order valence-electron chi connectivity index (χ4n) is 2.36. The first-order chi connectivity index (χ1) is 10.9. The van der Waals surface area contributed by atoms with Crippen molar-refractivity contribution in [2.45, 2.75) is 27.3 Å². The number of aromatic nitrogens is 1. The van der Waals surface area contributed by atoms with E-state index in [1.807, 2.05) is 14.1 Å². The Morgan fingerprint density at radius 1 is 1.04 bits per heavy atom. The Kier molecular flexibility index (Phi) is 5.61. The van der Waals surface area contributed by atoms with Gasteiger partial charge in [-0.2, -0.15) is 0 Å². The van der Waals surface area contributed by atoms with Crippen LogP contribution in [0.3, 0.4) is 0 Å². The second-order valence-electron chi connectivity index (χ2n) is 6.99. The Labute approximate surface area is 139 Å². The molecule has 0 saturated carbocycles. The third-order valence-corrected chi connectivity index (χ3v) is 3.54. The Bertz CT molecular complexity index is 644. The zero-order valence-electron chi connectivity index (χ0n) is 14.8. The Morgan fingerprint density at radius 2 is 1.83 bits per heavy atom. The third-order valence-electron chi connectivity index (χ3n) is 3.54. The molecule has 0 saturated heterocycles. The summed E-state index contributed by atoms with van der Waals surface area (Å²) in [5, 5.41) is 9.86. The Hall–Kier alpha value is -2.07. The maximum atomic E-state index is 4.77. The van der Waals surface area contributed by atoms with Gasteiger partial charge in [0.15, 0.2) is 0 Å². The lowest BCUT2D eigenvalue weighted by Crippen LogP contribution is -2.19. The highest BCUT2D eigenvalue weighted by Gasteiger charge is 2.12. The summed E-state index contributed by atoms with van der Waals surface area (Å²) in [6, 6.07) is 12.7. The molecule has 0 fully saturated rings. The minimum Gasteiger partial charge on any atom is -0.382 e. The van der Waals surface area contributed by atoms with Gasteiger partial charge in [0.1, 0.15) is 5.82 Å². The molecule has 0 radical (unpaired) electrons. The molecule has 1 aromatic heterocycles. The Morgan fingerprint density at radius 3 is 2.48 bits per heavy atom. The maximum Gasteiger partial charge on any atom is 0.149 e. The molecule has 4 nitrogen and oxygen atoms in total. The number of benzene rings is 1. The minimum atomic E-state index is 0.227. The number of nitrogens with zero attached hydrogens (tertiary/aromatic N) is 1. The van der Waals surface area contributed by atoms with Crippen LogP contribution in [0.1, 0.15) is 26.3 Å². The maximum absolute atomic E-state index is 4.77. The quantitative estimate of drug-likeness (QED) is 0.755. The molecule has 0 amide bonds. The van der Waals surface area contributed by atoms with E-state index in [4.69, 9.17) is 4.98 Å². The van der Waals surface area contributed by atoms with Crippen molar-refractivity contribution in [1.29, 1.82) is 0 Å². The van der Waals surface area contributed by atoms with Gasteiger partial charge in [-0.15, -0.1) is 0 Å². The van der Waals surface area contributed by atoms with Crippen LogP contribution in [0.25, 0.3) is 11.3 Å². The number of hydrogen-bond acceptors (Lipinski definition) is 4. The smallest absolute Gasteiger partial charge is 0.149 e. The summed E-state index contributed by atoms with van der Waals surface area (Å²) in [6.07, 6.45) is 0. The number of pyridine rings is 1. The SMILES string of the molecule is CNCc1cccc(-c2ccc(NCC(C)(C)C)c(NC)n2)c1. The molecule has 2 aromatic rings. The van der Waals surface area contributed by atoms with Crippen molar-refractivity contribution in [2.24, 2.45) is 5.41 Å². The molecular formula is C19H28N4. The van der Waals surface area contributed by atoms with Crippen molar-refractivity contribution in [2.75, 3.05) is 31.3 Å². The van der Waals surface area contributed by atoms with Crippen molar-refractivity contribution in [1.82, 2.24) is 10.3 Å². The lowest BCUT2D eigenvalue weighted by Gasteiger charge is -2.21. The monoisotopic (exact) mass is 312 g/mol. The molecule has 0 atom stereocenters. The summed E-state index contributed by atoms with van der Waals surface area (Å²) in [5.41, 5.74) is 4.64. The van der Waals surface area contributed by atoms with Gasteiger partial charge in [0, 0.05) is 25.7 Å². The van der Waals surface area contributed by atoms with Crippen LogP contribution in [0.4, 0.5) is 11.5 Å². The van der Waals surface area contributed by atoms with E-state index in [0.717, 1.165) is 35.9 Å². The van der Waals surface area contributed by atoms with Crippen LogP contribution in [0.2, 0.25) is 0 Å². The average Bonchev–Trinajstić information content (AvgIpc) is 2.52. The van der Waals surface area contributed by atoms with E-state index in [1.165, 1.54) is 5.56 Å². The van der Waals surface area contributed by atoms with E-state index in [-0.39, 0.29) is 5.41 Å². The molecule has 2 rings (SSSR count). The predicted molar refractivity (Wildman–Crippen MR) is 99.9 cm³/mol. The van der Waals surface area contributed by atoms with Gasteiger partial charge in [-0.25, -0.2) is 4.98 Å². The first-order valence-electron chi connectivity index (χ1n) is 8.09. The number of anilines is 2. The number of rotatable bonds is 6. The van der Waals surface area contributed by atoms with Crippen LogP contribution in [0.15, 0.2) is 36.4 Å². The highest BCUT2D eigenvalue weighted by Crippen LogP contribution is 2.26. The molecule has 0 aliphatic carbocycles. The molecule has 0 spiro atoms. The van der Waals surface area contributed by atoms with Crippen molar-refractivity contribution in [3.8, 4) is 11.3 Å². The summed E-state index contributed by atoms with van der Waals surface area (Å²) < 4.78 is 0. The minimum absolute atomic E-state index is 0.227. The van der Waals surface area contributed by atoms with Crippen LogP contribution in [0, 0.1) is 5.41 Å². The summed E-state index contributed by atoms with van der Waals surface area (Å²) in [7, 11) is 3.87. The molecule has 0 aliphatic rings. The fourth-order valence-corrected chi connectivity index (χ4v) is 2.36. The molecule has 23 heavy (non-hydrogen) atoms. The highest BCUT2D eigenvalue weighted by atomic mass is 15.0. The van der Waals surface area contributed by atoms with Crippen LogP contribution in [-0.2, 0) is 6.54 Å². The van der Waals surface area contributed by atoms with E-state index in [1.54, 1.807) is 0 Å². The first-order valence-corrected chi connectivity index (χ1v) is 8.09. The highest BCUT2D eigenvalue weighted by molar-refractivity contribution is 5.71. The lowest BCUT2D eigenvalue weighted by molar-refractivity contribution is 0.443. The second kappa shape index (κ2) is 7.47. The van der Waals surface area contributed by atoms with Gasteiger partial charge >= 0.3 is 0 Å². The van der Waals surface area contributed by atoms with Gasteiger partial charge in [-0.3, -0.25) is 0 Å². The molecule has 3 N–H and O–H groups in total. The van der Waals surface area contributed by atoms with Crippen molar-refractivity contribution in [3.05, 3.63) is 42.0 Å². The van der Waals surface area contributed by atoms with E-state index < -0.39 is 0 Å². The molecule has 0 bridgehead atoms. The van der Waals surface area contributed by atoms with Gasteiger partial charge in [-0.1, -0.05) is 39.0 Å². The lowest BCUT2D eigenvalue weighted by atomic mass is 9.97. The van der Waals surface area contributed by atoms with Crippen LogP contribution >= 0.6 is 0 Å². The Balaban J connectivity index is 2.26. The van der Waals surface area contributed by atoms with Crippen LogP contribution < -0.4 is 16.0 Å². The van der Waals surface area contributed by atoms with Crippen LogP contribution in [0.5, 0.6) is 0 Å². The molecule has 1 aromatic carbocycles. The van der Waals surface area contributed by atoms with Gasteiger partial charge in [0.05, 0.1) is 11.4 Å². The zero-order chi connectivity index (χ0) is 16.9. The summed E-state index contributed by atoms with van der Waals surface area (Å²) in [4.78, 5) is 4.77. The van der Waals surface area contributed by atoms with Gasteiger partial charge < -0.3 is 16.0 Å². The predicted octanol–water partition coefficient (Wildman–Crippen LogP) is 3.97. The van der Waals surface area contributed by atoms with Gasteiger partial charge in [0.2, 0.25) is 0 Å². The largest absolute Gasteiger partial charge is 0.382 e. The van der Waals surface area contributed by atoms with E-state index in [2.05, 4.69) is 73.1 Å². The average molecular weight is 312 g/mol. The summed E-state index contributed by atoms with van der Waals surface area (Å²) in [6.45, 7) is 8.41. The van der Waals surface area contributed by atoms with Crippen molar-refractivity contribution in [3.63, 3.8) is 0 Å². The number of hydrogen-bond donors (Lipinski definition) is 3. The molecule has 4 heteroatoms. The summed E-state index contributed by atoms with van der Waals surface area (Å²) >= 11 is 0. The second-order valence-corrected chi connectivity index (χ2v) is 6.99. The van der Waals surface area contributed by atoms with Gasteiger partial charge in [0.25, 0.3) is 0 Å². The van der Waals surface area contributed by atoms with E-state index in [0.29, 0.717) is 0 Å².